The van der Waals surface area contributed by atoms with Crippen LogP contribution in [0.3, 0.4) is 0 Å². The molecule has 0 fully saturated rings. The van der Waals surface area contributed by atoms with Crippen LogP contribution in [0.2, 0.25) is 5.15 Å². The minimum atomic E-state index is -5.05. The lowest BCUT2D eigenvalue weighted by molar-refractivity contribution is -0.388. The van der Waals surface area contributed by atoms with Crippen molar-refractivity contribution in [3.63, 3.8) is 0 Å². The van der Waals surface area contributed by atoms with E-state index < -0.39 is 49.8 Å². The Bertz CT molecular complexity index is 610. The van der Waals surface area contributed by atoms with Gasteiger partial charge in [-0.15, -0.1) is 0 Å². The van der Waals surface area contributed by atoms with Gasteiger partial charge in [0.25, 0.3) is 0 Å². The number of rotatable bonds is 4. The summed E-state index contributed by atoms with van der Waals surface area (Å²) in [7, 11) is -3.47. The van der Waals surface area contributed by atoms with Gasteiger partial charge in [0.2, 0.25) is 10.8 Å². The molecule has 1 aromatic heterocycles. The van der Waals surface area contributed by atoms with Crippen LogP contribution in [-0.2, 0) is 22.6 Å². The number of sulfone groups is 1. The Labute approximate surface area is 110 Å². The third-order valence-corrected chi connectivity index (χ3v) is 3.29. The highest BCUT2D eigenvalue weighted by Crippen LogP contribution is 2.39. The standard InChI is InChI=1S/C7H7ClF3N3O4S/c1-19(17,18)3-2-13-6(8)4(14(15)16)5(12-13)7(9,10)11/h2-3H2,1H3. The van der Waals surface area contributed by atoms with Gasteiger partial charge in [-0.3, -0.25) is 10.1 Å². The van der Waals surface area contributed by atoms with E-state index in [1.165, 1.54) is 0 Å². The first-order valence-electron chi connectivity index (χ1n) is 4.59. The number of alkyl halides is 3. The van der Waals surface area contributed by atoms with Gasteiger partial charge in [-0.2, -0.15) is 18.3 Å². The van der Waals surface area contributed by atoms with E-state index in [1.54, 1.807) is 0 Å². The fraction of sp³-hybridized carbons (Fsp3) is 0.571. The first kappa shape index (κ1) is 15.7. The van der Waals surface area contributed by atoms with Crippen molar-refractivity contribution in [3.8, 4) is 0 Å². The Morgan fingerprint density at radius 2 is 2.00 bits per heavy atom. The molecule has 0 saturated heterocycles. The molecular weight excluding hydrogens is 315 g/mol. The van der Waals surface area contributed by atoms with Gasteiger partial charge in [-0.05, 0) is 0 Å². The number of hydrogen-bond donors (Lipinski definition) is 0. The van der Waals surface area contributed by atoms with E-state index in [2.05, 4.69) is 5.10 Å². The first-order valence-corrected chi connectivity index (χ1v) is 7.03. The lowest BCUT2D eigenvalue weighted by Crippen LogP contribution is -2.14. The lowest BCUT2D eigenvalue weighted by atomic mass is 10.4. The van der Waals surface area contributed by atoms with E-state index in [0.717, 1.165) is 6.26 Å². The predicted molar refractivity (Wildman–Crippen MR) is 58.6 cm³/mol. The highest BCUT2D eigenvalue weighted by Gasteiger charge is 2.44. The van der Waals surface area contributed by atoms with Crippen molar-refractivity contribution in [3.05, 3.63) is 21.0 Å². The summed E-state index contributed by atoms with van der Waals surface area (Å²) < 4.78 is 59.8. The highest BCUT2D eigenvalue weighted by molar-refractivity contribution is 7.90. The molecule has 7 nitrogen and oxygen atoms in total. The van der Waals surface area contributed by atoms with Crippen LogP contribution in [0.15, 0.2) is 0 Å². The quantitative estimate of drug-likeness (QED) is 0.618. The third kappa shape index (κ3) is 3.80. The van der Waals surface area contributed by atoms with E-state index >= 15 is 0 Å². The molecule has 0 N–H and O–H groups in total. The molecule has 0 bridgehead atoms. The number of hydrogen-bond acceptors (Lipinski definition) is 5. The zero-order chi connectivity index (χ0) is 15.0. The Morgan fingerprint density at radius 1 is 1.47 bits per heavy atom. The Kier molecular flexibility index (Phi) is 4.10. The molecule has 1 heterocycles. The Morgan fingerprint density at radius 3 is 2.32 bits per heavy atom. The summed E-state index contributed by atoms with van der Waals surface area (Å²) in [6.07, 6.45) is -4.19. The molecule has 19 heavy (non-hydrogen) atoms. The van der Waals surface area contributed by atoms with E-state index in [4.69, 9.17) is 11.6 Å². The van der Waals surface area contributed by atoms with Crippen molar-refractivity contribution in [2.45, 2.75) is 12.7 Å². The average Bonchev–Trinajstić information content (AvgIpc) is 2.51. The van der Waals surface area contributed by atoms with Crippen molar-refractivity contribution in [1.29, 1.82) is 0 Å². The van der Waals surface area contributed by atoms with Crippen molar-refractivity contribution in [1.82, 2.24) is 9.78 Å². The molecule has 0 saturated carbocycles. The van der Waals surface area contributed by atoms with E-state index in [-0.39, 0.29) is 0 Å². The maximum atomic E-state index is 12.5. The Hall–Kier alpha value is -1.36. The van der Waals surface area contributed by atoms with Crippen molar-refractivity contribution >= 4 is 27.1 Å². The molecule has 12 heteroatoms. The van der Waals surface area contributed by atoms with E-state index in [9.17, 15) is 31.7 Å². The highest BCUT2D eigenvalue weighted by atomic mass is 35.5. The molecule has 1 rings (SSSR count). The molecule has 0 atom stereocenters. The van der Waals surface area contributed by atoms with Crippen LogP contribution in [0, 0.1) is 10.1 Å². The average molecular weight is 322 g/mol. The molecule has 108 valence electrons. The number of nitro groups is 1. The zero-order valence-corrected chi connectivity index (χ0v) is 10.9. The SMILES string of the molecule is CS(=O)(=O)CCn1nc(C(F)(F)F)c([N+](=O)[O-])c1Cl. The minimum Gasteiger partial charge on any atom is -0.258 e. The van der Waals surface area contributed by atoms with Gasteiger partial charge in [-0.1, -0.05) is 11.6 Å². The van der Waals surface area contributed by atoms with Gasteiger partial charge in [0, 0.05) is 6.26 Å². The van der Waals surface area contributed by atoms with Crippen molar-refractivity contribution in [2.75, 3.05) is 12.0 Å². The minimum absolute atomic E-state index is 0.448. The smallest absolute Gasteiger partial charge is 0.258 e. The van der Waals surface area contributed by atoms with Crippen LogP contribution in [0.25, 0.3) is 0 Å². The maximum absolute atomic E-state index is 12.5. The van der Waals surface area contributed by atoms with Gasteiger partial charge in [0.1, 0.15) is 9.84 Å². The second-order valence-corrected chi connectivity index (χ2v) is 6.21. The first-order chi connectivity index (χ1) is 8.43. The lowest BCUT2D eigenvalue weighted by Gasteiger charge is -2.01. The topological polar surface area (TPSA) is 95.1 Å². The number of aryl methyl sites for hydroxylation is 1. The molecule has 1 aromatic rings. The summed E-state index contributed by atoms with van der Waals surface area (Å²) in [4.78, 5) is 9.24. The largest absolute Gasteiger partial charge is 0.442 e. The van der Waals surface area contributed by atoms with Gasteiger partial charge < -0.3 is 0 Å². The summed E-state index contributed by atoms with van der Waals surface area (Å²) in [6.45, 7) is -0.505. The third-order valence-electron chi connectivity index (χ3n) is 1.99. The van der Waals surface area contributed by atoms with E-state index in [0.29, 0.717) is 4.68 Å². The summed E-state index contributed by atoms with van der Waals surface area (Å²) >= 11 is 5.42. The molecule has 0 amide bonds. The fourth-order valence-electron chi connectivity index (χ4n) is 1.19. The second kappa shape index (κ2) is 4.96. The Balaban J connectivity index is 3.26. The predicted octanol–water partition coefficient (Wildman–Crippen LogP) is 1.51. The van der Waals surface area contributed by atoms with E-state index in [1.807, 2.05) is 0 Å². The van der Waals surface area contributed by atoms with Crippen LogP contribution >= 0.6 is 11.6 Å². The summed E-state index contributed by atoms with van der Waals surface area (Å²) in [5, 5.41) is 12.7. The summed E-state index contributed by atoms with van der Waals surface area (Å²) in [6, 6.07) is 0. The number of aromatic nitrogens is 2. The molecule has 0 aliphatic carbocycles. The molecule has 0 radical (unpaired) electrons. The number of halogens is 4. The van der Waals surface area contributed by atoms with Crippen molar-refractivity contribution < 1.29 is 26.5 Å². The molecular formula is C7H7ClF3N3O4S. The summed E-state index contributed by atoms with van der Waals surface area (Å²) in [5.41, 5.74) is -3.14. The van der Waals surface area contributed by atoms with Gasteiger partial charge in [-0.25, -0.2) is 13.1 Å². The van der Waals surface area contributed by atoms with Crippen LogP contribution in [0.1, 0.15) is 5.69 Å². The maximum Gasteiger partial charge on any atom is 0.442 e. The van der Waals surface area contributed by atoms with Crippen LogP contribution in [0.5, 0.6) is 0 Å². The zero-order valence-electron chi connectivity index (χ0n) is 9.31. The van der Waals surface area contributed by atoms with Crippen LogP contribution in [0.4, 0.5) is 18.9 Å². The number of nitrogens with zero attached hydrogens (tertiary/aromatic N) is 3. The molecule has 0 unspecified atom stereocenters. The normalized spacial score (nSPS) is 12.7. The molecule has 0 aliphatic rings. The summed E-state index contributed by atoms with van der Waals surface area (Å²) in [5.74, 6) is -0.539. The fourth-order valence-corrected chi connectivity index (χ4v) is 1.97. The van der Waals surface area contributed by atoms with Gasteiger partial charge in [0.15, 0.2) is 0 Å². The van der Waals surface area contributed by atoms with Gasteiger partial charge >= 0.3 is 11.9 Å². The molecule has 0 aliphatic heterocycles. The molecule has 0 spiro atoms. The van der Waals surface area contributed by atoms with Crippen LogP contribution < -0.4 is 0 Å². The molecule has 0 aromatic carbocycles. The monoisotopic (exact) mass is 321 g/mol. The second-order valence-electron chi connectivity index (χ2n) is 3.60. The van der Waals surface area contributed by atoms with Crippen molar-refractivity contribution in [2.24, 2.45) is 0 Å². The van der Waals surface area contributed by atoms with Crippen LogP contribution in [-0.4, -0.2) is 35.1 Å². The van der Waals surface area contributed by atoms with Gasteiger partial charge in [0.05, 0.1) is 17.2 Å².